The van der Waals surface area contributed by atoms with E-state index in [-0.39, 0.29) is 35.9 Å². The summed E-state index contributed by atoms with van der Waals surface area (Å²) in [4.78, 5) is 20.3. The van der Waals surface area contributed by atoms with E-state index >= 15 is 0 Å². The van der Waals surface area contributed by atoms with Crippen molar-refractivity contribution in [2.24, 2.45) is 12.0 Å². The number of nitrogens with zero attached hydrogens (tertiary/aromatic N) is 5. The van der Waals surface area contributed by atoms with Crippen LogP contribution in [0.25, 0.3) is 10.9 Å². The summed E-state index contributed by atoms with van der Waals surface area (Å²) >= 11 is 6.91. The number of alkyl carbamates (subject to hydrolysis) is 1. The molecule has 54 heavy (non-hydrogen) atoms. The molecule has 0 saturated heterocycles. The molecule has 5 aromatic rings. The Hall–Kier alpha value is -5.21. The normalized spacial score (nSPS) is 13.7. The Morgan fingerprint density at radius 3 is 2.35 bits per heavy atom. The standard InChI is InChI=1S/C39H41ClF2N6O5S/c1-23-9-8-10-31-29(23)22-47(36(43-31)32(44-38(49)53-39(2,3)4)19-25-17-26(41)20-27(42)18-25)33-16-15-30(40)34-35(33)46(5)45-37(34)48(54(7,50)51)21-24-11-13-28(52-6)14-12-24/h8-18,20,32H,19,21-22H2,1-7H3,(H,44,49)/t32-/m0/s1. The number of benzene rings is 4. The number of ether oxygens (including phenoxy) is 2. The summed E-state index contributed by atoms with van der Waals surface area (Å²) in [5, 5.41) is 8.26. The Labute approximate surface area is 318 Å². The van der Waals surface area contributed by atoms with Crippen molar-refractivity contribution >= 4 is 61.6 Å². The van der Waals surface area contributed by atoms with Gasteiger partial charge in [-0.25, -0.2) is 31.3 Å². The Balaban J connectivity index is 1.53. The SMILES string of the molecule is COc1ccc(CN(c2nn(C)c3c(N4Cc5c(C)cccc5N=C4[C@H](Cc4cc(F)cc(F)c4)NC(=O)OC(C)(C)C)ccc(Cl)c23)S(C)(=O)=O)cc1. The molecule has 0 fully saturated rings. The van der Waals surface area contributed by atoms with Crippen LogP contribution in [-0.2, 0) is 41.3 Å². The number of carbonyl (C=O) groups excluding carboxylic acids is 1. The number of methoxy groups -OCH3 is 1. The molecule has 15 heteroatoms. The largest absolute Gasteiger partial charge is 0.497 e. The molecule has 1 N–H and O–H groups in total. The van der Waals surface area contributed by atoms with E-state index in [4.69, 9.17) is 31.2 Å². The van der Waals surface area contributed by atoms with Crippen LogP contribution in [0.3, 0.4) is 0 Å². The maximum Gasteiger partial charge on any atom is 0.408 e. The number of aromatic nitrogens is 2. The molecular formula is C39H41ClF2N6O5S. The van der Waals surface area contributed by atoms with Crippen molar-refractivity contribution in [1.29, 1.82) is 0 Å². The molecule has 0 radical (unpaired) electrons. The van der Waals surface area contributed by atoms with Gasteiger partial charge in [0.05, 0.1) is 59.8 Å². The fraction of sp³-hybridized carbons (Fsp3) is 0.308. The highest BCUT2D eigenvalue weighted by Gasteiger charge is 2.34. The Morgan fingerprint density at radius 2 is 1.72 bits per heavy atom. The summed E-state index contributed by atoms with van der Waals surface area (Å²) in [5.74, 6) is -0.456. The van der Waals surface area contributed by atoms with E-state index in [1.807, 2.05) is 30.0 Å². The molecule has 1 aromatic heterocycles. The van der Waals surface area contributed by atoms with Crippen molar-refractivity contribution in [2.45, 2.75) is 58.8 Å². The zero-order valence-corrected chi connectivity index (χ0v) is 32.5. The summed E-state index contributed by atoms with van der Waals surface area (Å²) in [6, 6.07) is 18.4. The molecule has 0 unspecified atom stereocenters. The minimum absolute atomic E-state index is 0.0371. The molecule has 0 bridgehead atoms. The second-order valence-electron chi connectivity index (χ2n) is 14.2. The average molecular weight is 779 g/mol. The van der Waals surface area contributed by atoms with Gasteiger partial charge in [0.1, 0.15) is 28.8 Å². The molecule has 284 valence electrons. The number of hydrogen-bond donors (Lipinski definition) is 1. The Bertz CT molecular complexity index is 2360. The summed E-state index contributed by atoms with van der Waals surface area (Å²) in [6.07, 6.45) is 0.293. The van der Waals surface area contributed by atoms with Gasteiger partial charge in [-0.15, -0.1) is 0 Å². The predicted molar refractivity (Wildman–Crippen MR) is 207 cm³/mol. The van der Waals surface area contributed by atoms with E-state index in [1.54, 1.807) is 76.0 Å². The molecule has 1 aliphatic heterocycles. The second-order valence-corrected chi connectivity index (χ2v) is 16.5. The van der Waals surface area contributed by atoms with Gasteiger partial charge >= 0.3 is 6.09 Å². The maximum absolute atomic E-state index is 14.5. The number of nitrogens with one attached hydrogen (secondary N) is 1. The number of rotatable bonds is 10. The molecule has 1 aliphatic rings. The number of sulfonamides is 1. The van der Waals surface area contributed by atoms with Crippen LogP contribution in [0.4, 0.5) is 30.8 Å². The van der Waals surface area contributed by atoms with Gasteiger partial charge < -0.3 is 19.7 Å². The van der Waals surface area contributed by atoms with Crippen molar-refractivity contribution < 1.29 is 31.5 Å². The van der Waals surface area contributed by atoms with E-state index in [2.05, 4.69) is 5.32 Å². The van der Waals surface area contributed by atoms with Gasteiger partial charge in [0.15, 0.2) is 5.82 Å². The van der Waals surface area contributed by atoms with Crippen molar-refractivity contribution in [2.75, 3.05) is 22.6 Å². The zero-order valence-electron chi connectivity index (χ0n) is 30.9. The lowest BCUT2D eigenvalue weighted by molar-refractivity contribution is 0.0517. The maximum atomic E-state index is 14.5. The van der Waals surface area contributed by atoms with Crippen molar-refractivity contribution in [3.05, 3.63) is 112 Å². The smallest absolute Gasteiger partial charge is 0.408 e. The molecule has 1 atom stereocenters. The van der Waals surface area contributed by atoms with Gasteiger partial charge in [0, 0.05) is 25.1 Å². The zero-order chi connectivity index (χ0) is 39.1. The van der Waals surface area contributed by atoms with Crippen LogP contribution in [0.2, 0.25) is 5.02 Å². The number of aryl methyl sites for hydroxylation is 2. The molecule has 6 rings (SSSR count). The van der Waals surface area contributed by atoms with Gasteiger partial charge in [-0.3, -0.25) is 4.68 Å². The number of fused-ring (bicyclic) bond motifs is 2. The molecule has 2 heterocycles. The number of amides is 1. The molecule has 0 aliphatic carbocycles. The van der Waals surface area contributed by atoms with Crippen LogP contribution in [-0.4, -0.2) is 55.1 Å². The number of aliphatic imine (C=N–C) groups is 1. The third kappa shape index (κ3) is 8.29. The average Bonchev–Trinajstić information content (AvgIpc) is 3.42. The van der Waals surface area contributed by atoms with Gasteiger partial charge in [0.2, 0.25) is 10.0 Å². The lowest BCUT2D eigenvalue weighted by Gasteiger charge is -2.36. The van der Waals surface area contributed by atoms with E-state index in [1.165, 1.54) is 16.4 Å². The van der Waals surface area contributed by atoms with E-state index in [0.29, 0.717) is 39.4 Å². The molecule has 0 saturated carbocycles. The summed E-state index contributed by atoms with van der Waals surface area (Å²) < 4.78 is 69.5. The molecule has 0 spiro atoms. The van der Waals surface area contributed by atoms with Gasteiger partial charge in [-0.2, -0.15) is 5.10 Å². The first kappa shape index (κ1) is 38.5. The number of hydrogen-bond acceptors (Lipinski definition) is 8. The predicted octanol–water partition coefficient (Wildman–Crippen LogP) is 7.97. The number of carbonyl (C=O) groups is 1. The summed E-state index contributed by atoms with van der Waals surface area (Å²) in [5.41, 5.74) is 3.66. The minimum atomic E-state index is -3.90. The quantitative estimate of drug-likeness (QED) is 0.153. The monoisotopic (exact) mass is 778 g/mol. The van der Waals surface area contributed by atoms with Gasteiger partial charge in [-0.05, 0) is 86.8 Å². The summed E-state index contributed by atoms with van der Waals surface area (Å²) in [6.45, 7) is 7.38. The number of amidine groups is 1. The van der Waals surface area contributed by atoms with Crippen molar-refractivity contribution in [3.63, 3.8) is 0 Å². The fourth-order valence-corrected chi connectivity index (χ4v) is 7.55. The molecule has 11 nitrogen and oxygen atoms in total. The molecule has 4 aromatic carbocycles. The van der Waals surface area contributed by atoms with Crippen LogP contribution in [0, 0.1) is 18.6 Å². The highest BCUT2D eigenvalue weighted by Crippen LogP contribution is 2.42. The first-order chi connectivity index (χ1) is 25.4. The van der Waals surface area contributed by atoms with Crippen LogP contribution in [0.1, 0.15) is 43.0 Å². The lowest BCUT2D eigenvalue weighted by atomic mass is 9.99. The molecular weight excluding hydrogens is 738 g/mol. The van der Waals surface area contributed by atoms with Gasteiger partial charge in [-0.1, -0.05) is 35.9 Å². The van der Waals surface area contributed by atoms with Crippen LogP contribution < -0.4 is 19.3 Å². The minimum Gasteiger partial charge on any atom is -0.497 e. The van der Waals surface area contributed by atoms with Crippen LogP contribution in [0.15, 0.2) is 77.8 Å². The Kier molecular flexibility index (Phi) is 10.6. The van der Waals surface area contributed by atoms with Crippen molar-refractivity contribution in [3.8, 4) is 5.75 Å². The number of halogens is 3. The first-order valence-corrected chi connectivity index (χ1v) is 19.3. The first-order valence-electron chi connectivity index (χ1n) is 17.1. The van der Waals surface area contributed by atoms with Gasteiger partial charge in [0.25, 0.3) is 0 Å². The second kappa shape index (κ2) is 14.9. The third-order valence-electron chi connectivity index (χ3n) is 8.89. The Morgan fingerprint density at radius 1 is 1.04 bits per heavy atom. The fourth-order valence-electron chi connectivity index (χ4n) is 6.49. The highest BCUT2D eigenvalue weighted by atomic mass is 35.5. The van der Waals surface area contributed by atoms with E-state index in [9.17, 15) is 22.0 Å². The van der Waals surface area contributed by atoms with Crippen LogP contribution in [0.5, 0.6) is 5.75 Å². The van der Waals surface area contributed by atoms with E-state index < -0.39 is 39.4 Å². The topological polar surface area (TPSA) is 118 Å². The van der Waals surface area contributed by atoms with Crippen molar-refractivity contribution in [1.82, 2.24) is 15.1 Å². The number of anilines is 2. The lowest BCUT2D eigenvalue weighted by Crippen LogP contribution is -2.51. The molecule has 1 amide bonds. The van der Waals surface area contributed by atoms with Crippen LogP contribution >= 0.6 is 11.6 Å². The third-order valence-corrected chi connectivity index (χ3v) is 10.3. The summed E-state index contributed by atoms with van der Waals surface area (Å²) in [7, 11) is -0.662. The highest BCUT2D eigenvalue weighted by molar-refractivity contribution is 7.92. The van der Waals surface area contributed by atoms with E-state index in [0.717, 1.165) is 23.4 Å².